The average molecular weight is 214 g/mol. The second-order valence-corrected chi connectivity index (χ2v) is 4.77. The number of hydrogen-bond donors (Lipinski definition) is 0. The monoisotopic (exact) mass is 214 g/mol. The molecule has 2 nitrogen and oxygen atoms in total. The number of rotatable bonds is 2. The van der Waals surface area contributed by atoms with E-state index in [1.54, 1.807) is 0 Å². The van der Waals surface area contributed by atoms with Crippen LogP contribution in [-0.4, -0.2) is 17.0 Å². The lowest BCUT2D eigenvalue weighted by Crippen LogP contribution is -2.41. The summed E-state index contributed by atoms with van der Waals surface area (Å²) in [5, 5.41) is 9.30. The lowest BCUT2D eigenvalue weighted by molar-refractivity contribution is 0.154. The summed E-state index contributed by atoms with van der Waals surface area (Å²) >= 11 is 0. The Kier molecular flexibility index (Phi) is 2.98. The van der Waals surface area contributed by atoms with Crippen LogP contribution in [0.4, 0.5) is 0 Å². The molecule has 1 aliphatic rings. The molecule has 84 valence electrons. The zero-order valence-corrected chi connectivity index (χ0v) is 9.98. The van der Waals surface area contributed by atoms with Crippen LogP contribution in [0.5, 0.6) is 0 Å². The van der Waals surface area contributed by atoms with Crippen molar-refractivity contribution >= 4 is 0 Å². The molecule has 0 spiro atoms. The maximum atomic E-state index is 9.30. The van der Waals surface area contributed by atoms with Gasteiger partial charge in [-0.15, -0.1) is 0 Å². The van der Waals surface area contributed by atoms with E-state index in [9.17, 15) is 5.26 Å². The van der Waals surface area contributed by atoms with Crippen molar-refractivity contribution in [1.82, 2.24) is 4.90 Å². The fourth-order valence-electron chi connectivity index (χ4n) is 2.64. The maximum absolute atomic E-state index is 9.30. The van der Waals surface area contributed by atoms with E-state index < -0.39 is 0 Å². The molecule has 1 heterocycles. The van der Waals surface area contributed by atoms with Gasteiger partial charge in [0.2, 0.25) is 0 Å². The average Bonchev–Trinajstić information content (AvgIpc) is 2.72. The van der Waals surface area contributed by atoms with Crippen LogP contribution in [0.1, 0.15) is 38.3 Å². The topological polar surface area (TPSA) is 27.0 Å². The highest BCUT2D eigenvalue weighted by atomic mass is 15.2. The van der Waals surface area contributed by atoms with Crippen molar-refractivity contribution in [3.05, 3.63) is 35.9 Å². The molecular formula is C14H18N2. The van der Waals surface area contributed by atoms with Gasteiger partial charge in [0.15, 0.2) is 0 Å². The van der Waals surface area contributed by atoms with E-state index in [0.29, 0.717) is 6.04 Å². The number of benzene rings is 1. The molecule has 1 aromatic carbocycles. The van der Waals surface area contributed by atoms with E-state index in [-0.39, 0.29) is 5.54 Å². The van der Waals surface area contributed by atoms with E-state index in [1.807, 2.05) is 6.07 Å². The highest BCUT2D eigenvalue weighted by Gasteiger charge is 2.39. The Bertz CT molecular complexity index is 393. The molecule has 0 saturated carbocycles. The van der Waals surface area contributed by atoms with Crippen LogP contribution in [0.15, 0.2) is 30.3 Å². The predicted octanol–water partition coefficient (Wildman–Crippen LogP) is 3.13. The second-order valence-electron chi connectivity index (χ2n) is 4.77. The van der Waals surface area contributed by atoms with Gasteiger partial charge in [-0.2, -0.15) is 5.26 Å². The minimum absolute atomic E-state index is 0.282. The number of hydrogen-bond acceptors (Lipinski definition) is 2. The van der Waals surface area contributed by atoms with Crippen molar-refractivity contribution in [3.63, 3.8) is 0 Å². The zero-order chi connectivity index (χ0) is 11.6. The third-order valence-corrected chi connectivity index (χ3v) is 3.69. The lowest BCUT2D eigenvalue weighted by Gasteiger charge is -2.34. The third kappa shape index (κ3) is 1.83. The van der Waals surface area contributed by atoms with Crippen LogP contribution in [0.2, 0.25) is 0 Å². The van der Waals surface area contributed by atoms with Crippen molar-refractivity contribution < 1.29 is 0 Å². The minimum Gasteiger partial charge on any atom is -0.279 e. The molecule has 1 saturated heterocycles. The lowest BCUT2D eigenvalue weighted by atomic mass is 9.97. The van der Waals surface area contributed by atoms with E-state index in [4.69, 9.17) is 0 Å². The highest BCUT2D eigenvalue weighted by Crippen LogP contribution is 2.35. The Morgan fingerprint density at radius 1 is 1.38 bits per heavy atom. The molecule has 2 heteroatoms. The van der Waals surface area contributed by atoms with Gasteiger partial charge in [-0.25, -0.2) is 0 Å². The Hall–Kier alpha value is -1.33. The van der Waals surface area contributed by atoms with Gasteiger partial charge in [0, 0.05) is 12.6 Å². The summed E-state index contributed by atoms with van der Waals surface area (Å²) in [6.07, 6.45) is 2.11. The molecule has 0 bridgehead atoms. The number of likely N-dealkylation sites (tertiary alicyclic amines) is 1. The first-order valence-corrected chi connectivity index (χ1v) is 5.90. The standard InChI is InChI=1S/C14H18N2/c1-12(13-7-4-3-5-8-13)16-10-6-9-14(16,2)11-15/h3-5,7-8,12H,6,9-10H2,1-2H3/t12-,14+/m1/s1. The molecule has 2 atom stereocenters. The van der Waals surface area contributed by atoms with Crippen LogP contribution in [0, 0.1) is 11.3 Å². The first-order chi connectivity index (χ1) is 7.67. The second kappa shape index (κ2) is 4.27. The van der Waals surface area contributed by atoms with E-state index >= 15 is 0 Å². The Morgan fingerprint density at radius 2 is 2.06 bits per heavy atom. The van der Waals surface area contributed by atoms with Gasteiger partial charge in [0.05, 0.1) is 6.07 Å². The largest absolute Gasteiger partial charge is 0.279 e. The van der Waals surface area contributed by atoms with Crippen LogP contribution < -0.4 is 0 Å². The van der Waals surface area contributed by atoms with Gasteiger partial charge in [0.1, 0.15) is 5.54 Å². The normalized spacial score (nSPS) is 27.6. The predicted molar refractivity (Wildman–Crippen MR) is 64.8 cm³/mol. The molecule has 0 aliphatic carbocycles. The van der Waals surface area contributed by atoms with Gasteiger partial charge in [-0.1, -0.05) is 30.3 Å². The van der Waals surface area contributed by atoms with Crippen molar-refractivity contribution in [2.24, 2.45) is 0 Å². The Labute approximate surface area is 97.5 Å². The molecular weight excluding hydrogens is 196 g/mol. The molecule has 0 amide bonds. The van der Waals surface area contributed by atoms with Gasteiger partial charge >= 0.3 is 0 Å². The van der Waals surface area contributed by atoms with E-state index in [0.717, 1.165) is 19.4 Å². The highest BCUT2D eigenvalue weighted by molar-refractivity contribution is 5.21. The summed E-state index contributed by atoms with van der Waals surface area (Å²) in [4.78, 5) is 2.32. The SMILES string of the molecule is C[C@H](c1ccccc1)N1CCC[C@@]1(C)C#N. The quantitative estimate of drug-likeness (QED) is 0.756. The van der Waals surface area contributed by atoms with Crippen molar-refractivity contribution in [2.75, 3.05) is 6.54 Å². The summed E-state index contributed by atoms with van der Waals surface area (Å²) < 4.78 is 0. The first kappa shape index (κ1) is 11.2. The van der Waals surface area contributed by atoms with Gasteiger partial charge in [-0.3, -0.25) is 4.90 Å². The minimum atomic E-state index is -0.282. The number of nitrogens with zero attached hydrogens (tertiary/aromatic N) is 2. The van der Waals surface area contributed by atoms with Gasteiger partial charge < -0.3 is 0 Å². The van der Waals surface area contributed by atoms with Crippen LogP contribution >= 0.6 is 0 Å². The molecule has 1 aromatic rings. The summed E-state index contributed by atoms with van der Waals surface area (Å²) in [6, 6.07) is 13.2. The summed E-state index contributed by atoms with van der Waals surface area (Å²) in [7, 11) is 0. The molecule has 1 fully saturated rings. The van der Waals surface area contributed by atoms with Crippen molar-refractivity contribution in [1.29, 1.82) is 5.26 Å². The summed E-state index contributed by atoms with van der Waals surface area (Å²) in [6.45, 7) is 5.27. The number of nitriles is 1. The van der Waals surface area contributed by atoms with Crippen LogP contribution in [0.25, 0.3) is 0 Å². The molecule has 0 aromatic heterocycles. The summed E-state index contributed by atoms with van der Waals surface area (Å²) in [5.74, 6) is 0. The first-order valence-electron chi connectivity index (χ1n) is 5.90. The van der Waals surface area contributed by atoms with E-state index in [1.165, 1.54) is 5.56 Å². The maximum Gasteiger partial charge on any atom is 0.106 e. The molecule has 0 radical (unpaired) electrons. The molecule has 2 rings (SSSR count). The third-order valence-electron chi connectivity index (χ3n) is 3.69. The van der Waals surface area contributed by atoms with Gasteiger partial charge in [0.25, 0.3) is 0 Å². The van der Waals surface area contributed by atoms with E-state index in [2.05, 4.69) is 49.1 Å². The van der Waals surface area contributed by atoms with Crippen LogP contribution in [0.3, 0.4) is 0 Å². The Morgan fingerprint density at radius 3 is 2.69 bits per heavy atom. The smallest absolute Gasteiger partial charge is 0.106 e. The van der Waals surface area contributed by atoms with Crippen molar-refractivity contribution in [3.8, 4) is 6.07 Å². The summed E-state index contributed by atoms with van der Waals surface area (Å²) in [5.41, 5.74) is 1.01. The molecule has 0 N–H and O–H groups in total. The molecule has 16 heavy (non-hydrogen) atoms. The zero-order valence-electron chi connectivity index (χ0n) is 9.98. The van der Waals surface area contributed by atoms with Crippen molar-refractivity contribution in [2.45, 2.75) is 38.3 Å². The fourth-order valence-corrected chi connectivity index (χ4v) is 2.64. The van der Waals surface area contributed by atoms with Gasteiger partial charge in [-0.05, 0) is 32.3 Å². The van der Waals surface area contributed by atoms with Crippen LogP contribution in [-0.2, 0) is 0 Å². The molecule has 1 aliphatic heterocycles. The fraction of sp³-hybridized carbons (Fsp3) is 0.500. The Balaban J connectivity index is 2.23. The molecule has 0 unspecified atom stereocenters.